The van der Waals surface area contributed by atoms with Crippen LogP contribution in [0.2, 0.25) is 10.2 Å². The molecule has 0 atom stereocenters. The molecular formula is C16H13Cl2FN2O. The summed E-state index contributed by atoms with van der Waals surface area (Å²) >= 11 is 11.7. The summed E-state index contributed by atoms with van der Waals surface area (Å²) in [6.45, 7) is 0.435. The van der Waals surface area contributed by atoms with E-state index in [4.69, 9.17) is 23.2 Å². The molecule has 1 aromatic carbocycles. The summed E-state index contributed by atoms with van der Waals surface area (Å²) in [4.78, 5) is 18.4. The molecule has 0 saturated heterocycles. The first-order valence-electron chi connectivity index (χ1n) is 6.91. The lowest BCUT2D eigenvalue weighted by molar-refractivity contribution is 0.0729. The van der Waals surface area contributed by atoms with Crippen molar-refractivity contribution in [3.05, 3.63) is 63.6 Å². The Morgan fingerprint density at radius 2 is 1.95 bits per heavy atom. The molecular weight excluding hydrogens is 326 g/mol. The Kier molecular flexibility index (Phi) is 4.32. The molecule has 0 aliphatic heterocycles. The number of benzene rings is 1. The first kappa shape index (κ1) is 15.3. The highest BCUT2D eigenvalue weighted by atomic mass is 35.5. The van der Waals surface area contributed by atoms with Crippen molar-refractivity contribution in [3.8, 4) is 0 Å². The van der Waals surface area contributed by atoms with E-state index in [1.807, 2.05) is 0 Å². The fourth-order valence-corrected chi connectivity index (χ4v) is 2.51. The fourth-order valence-electron chi connectivity index (χ4n) is 2.24. The van der Waals surface area contributed by atoms with Crippen molar-refractivity contribution in [1.29, 1.82) is 0 Å². The topological polar surface area (TPSA) is 33.2 Å². The van der Waals surface area contributed by atoms with Gasteiger partial charge in [-0.15, -0.1) is 0 Å². The quantitative estimate of drug-likeness (QED) is 0.777. The summed E-state index contributed by atoms with van der Waals surface area (Å²) < 4.78 is 13.0. The number of carbonyl (C=O) groups is 1. The Morgan fingerprint density at radius 3 is 2.55 bits per heavy atom. The lowest BCUT2D eigenvalue weighted by atomic mass is 10.1. The molecule has 22 heavy (non-hydrogen) atoms. The predicted molar refractivity (Wildman–Crippen MR) is 83.6 cm³/mol. The minimum absolute atomic E-state index is 0.141. The van der Waals surface area contributed by atoms with E-state index in [1.54, 1.807) is 17.0 Å². The van der Waals surface area contributed by atoms with Crippen LogP contribution in [0.1, 0.15) is 28.8 Å². The molecule has 0 spiro atoms. The summed E-state index contributed by atoms with van der Waals surface area (Å²) in [7, 11) is 0. The normalized spacial score (nSPS) is 14.0. The zero-order valence-corrected chi connectivity index (χ0v) is 13.1. The van der Waals surface area contributed by atoms with Crippen LogP contribution < -0.4 is 0 Å². The second-order valence-electron chi connectivity index (χ2n) is 5.29. The van der Waals surface area contributed by atoms with E-state index in [2.05, 4.69) is 4.98 Å². The zero-order valence-electron chi connectivity index (χ0n) is 11.6. The van der Waals surface area contributed by atoms with Gasteiger partial charge in [0, 0.05) is 18.8 Å². The number of carbonyl (C=O) groups excluding carboxylic acids is 1. The van der Waals surface area contributed by atoms with Gasteiger partial charge in [-0.25, -0.2) is 9.37 Å². The second-order valence-corrected chi connectivity index (χ2v) is 6.05. The number of hydrogen-bond acceptors (Lipinski definition) is 2. The lowest BCUT2D eigenvalue weighted by Gasteiger charge is -2.22. The average Bonchev–Trinajstić information content (AvgIpc) is 3.33. The van der Waals surface area contributed by atoms with Crippen molar-refractivity contribution in [2.24, 2.45) is 0 Å². The molecule has 2 aromatic rings. The smallest absolute Gasteiger partial charge is 0.256 e. The molecule has 3 rings (SSSR count). The van der Waals surface area contributed by atoms with Gasteiger partial charge in [0.15, 0.2) is 0 Å². The van der Waals surface area contributed by atoms with Gasteiger partial charge in [-0.1, -0.05) is 35.3 Å². The number of pyridine rings is 1. The minimum atomic E-state index is -0.290. The Balaban J connectivity index is 1.82. The third kappa shape index (κ3) is 3.39. The van der Waals surface area contributed by atoms with Crippen LogP contribution in [-0.2, 0) is 6.54 Å². The molecule has 1 heterocycles. The van der Waals surface area contributed by atoms with Crippen LogP contribution in [0.25, 0.3) is 0 Å². The molecule has 1 aliphatic carbocycles. The molecule has 1 saturated carbocycles. The van der Waals surface area contributed by atoms with Crippen LogP contribution in [-0.4, -0.2) is 21.8 Å². The largest absolute Gasteiger partial charge is 0.331 e. The third-order valence-corrected chi connectivity index (χ3v) is 4.24. The van der Waals surface area contributed by atoms with Gasteiger partial charge in [0.25, 0.3) is 5.91 Å². The number of nitrogens with zero attached hydrogens (tertiary/aromatic N) is 2. The standard InChI is InChI=1S/C16H13Cl2FN2O/c17-14-7-11(8-20-15(14)18)16(22)21(13-5-6-13)9-10-1-3-12(19)4-2-10/h1-4,7-8,13H,5-6,9H2. The molecule has 0 radical (unpaired) electrons. The van der Waals surface area contributed by atoms with Crippen molar-refractivity contribution in [2.75, 3.05) is 0 Å². The van der Waals surface area contributed by atoms with E-state index < -0.39 is 0 Å². The summed E-state index contributed by atoms with van der Waals surface area (Å²) in [5.41, 5.74) is 1.29. The van der Waals surface area contributed by atoms with Crippen LogP contribution in [0.4, 0.5) is 4.39 Å². The highest BCUT2D eigenvalue weighted by Crippen LogP contribution is 2.30. The SMILES string of the molecule is O=C(c1cnc(Cl)c(Cl)c1)N(Cc1ccc(F)cc1)C1CC1. The monoisotopic (exact) mass is 338 g/mol. The lowest BCUT2D eigenvalue weighted by Crippen LogP contribution is -2.32. The van der Waals surface area contributed by atoms with E-state index in [1.165, 1.54) is 24.4 Å². The third-order valence-electron chi connectivity index (χ3n) is 3.56. The van der Waals surface area contributed by atoms with Gasteiger partial charge < -0.3 is 4.90 Å². The Morgan fingerprint density at radius 1 is 1.27 bits per heavy atom. The number of aromatic nitrogens is 1. The summed E-state index contributed by atoms with van der Waals surface area (Å²) in [5.74, 6) is -0.431. The van der Waals surface area contributed by atoms with Gasteiger partial charge in [0.05, 0.1) is 10.6 Å². The molecule has 1 amide bonds. The van der Waals surface area contributed by atoms with Gasteiger partial charge in [-0.05, 0) is 36.6 Å². The van der Waals surface area contributed by atoms with Crippen LogP contribution in [0.3, 0.4) is 0 Å². The maximum absolute atomic E-state index is 13.0. The minimum Gasteiger partial charge on any atom is -0.331 e. The van der Waals surface area contributed by atoms with Crippen LogP contribution in [0.15, 0.2) is 36.5 Å². The molecule has 1 fully saturated rings. The van der Waals surface area contributed by atoms with E-state index >= 15 is 0 Å². The maximum Gasteiger partial charge on any atom is 0.256 e. The van der Waals surface area contributed by atoms with E-state index in [0.717, 1.165) is 18.4 Å². The van der Waals surface area contributed by atoms with Crippen molar-refractivity contribution in [1.82, 2.24) is 9.88 Å². The number of rotatable bonds is 4. The van der Waals surface area contributed by atoms with Gasteiger partial charge in [-0.3, -0.25) is 4.79 Å². The fraction of sp³-hybridized carbons (Fsp3) is 0.250. The van der Waals surface area contributed by atoms with Crippen LogP contribution in [0, 0.1) is 5.82 Å². The average molecular weight is 339 g/mol. The molecule has 1 aliphatic rings. The molecule has 0 N–H and O–H groups in total. The highest BCUT2D eigenvalue weighted by Gasteiger charge is 2.33. The van der Waals surface area contributed by atoms with E-state index in [9.17, 15) is 9.18 Å². The van der Waals surface area contributed by atoms with Gasteiger partial charge in [0.1, 0.15) is 11.0 Å². The van der Waals surface area contributed by atoms with Crippen LogP contribution in [0.5, 0.6) is 0 Å². The summed E-state index contributed by atoms with van der Waals surface area (Å²) in [6, 6.07) is 7.90. The first-order valence-corrected chi connectivity index (χ1v) is 7.66. The van der Waals surface area contributed by atoms with Gasteiger partial charge in [0.2, 0.25) is 0 Å². The number of halogens is 3. The van der Waals surface area contributed by atoms with Gasteiger partial charge in [-0.2, -0.15) is 0 Å². The van der Waals surface area contributed by atoms with E-state index in [-0.39, 0.29) is 27.9 Å². The molecule has 114 valence electrons. The van der Waals surface area contributed by atoms with Crippen LogP contribution >= 0.6 is 23.2 Å². The maximum atomic E-state index is 13.0. The molecule has 0 unspecified atom stereocenters. The number of amides is 1. The second kappa shape index (κ2) is 6.23. The molecule has 3 nitrogen and oxygen atoms in total. The Labute approximate surface area is 137 Å². The molecule has 1 aromatic heterocycles. The summed E-state index contributed by atoms with van der Waals surface area (Å²) in [6.07, 6.45) is 3.37. The van der Waals surface area contributed by atoms with E-state index in [0.29, 0.717) is 12.1 Å². The van der Waals surface area contributed by atoms with Crippen molar-refractivity contribution < 1.29 is 9.18 Å². The number of hydrogen-bond donors (Lipinski definition) is 0. The Hall–Kier alpha value is -1.65. The molecule has 6 heteroatoms. The van der Waals surface area contributed by atoms with Crippen molar-refractivity contribution in [2.45, 2.75) is 25.4 Å². The highest BCUT2D eigenvalue weighted by molar-refractivity contribution is 6.41. The first-order chi connectivity index (χ1) is 10.5. The summed E-state index contributed by atoms with van der Waals surface area (Å²) in [5, 5.41) is 0.430. The van der Waals surface area contributed by atoms with Crippen molar-refractivity contribution in [3.63, 3.8) is 0 Å². The predicted octanol–water partition coefficient (Wildman–Crippen LogP) is 4.33. The van der Waals surface area contributed by atoms with Gasteiger partial charge >= 0.3 is 0 Å². The van der Waals surface area contributed by atoms with Crippen molar-refractivity contribution >= 4 is 29.1 Å². The zero-order chi connectivity index (χ0) is 15.7. The Bertz CT molecular complexity index is 702. The molecule has 0 bridgehead atoms.